The summed E-state index contributed by atoms with van der Waals surface area (Å²) in [6.45, 7) is 3.86. The third-order valence-corrected chi connectivity index (χ3v) is 4.20. The van der Waals surface area contributed by atoms with E-state index in [1.165, 1.54) is 26.3 Å². The van der Waals surface area contributed by atoms with Crippen LogP contribution in [0.5, 0.6) is 0 Å². The van der Waals surface area contributed by atoms with Gasteiger partial charge in [-0.2, -0.15) is 0 Å². The van der Waals surface area contributed by atoms with Gasteiger partial charge in [-0.1, -0.05) is 6.42 Å². The Morgan fingerprint density at radius 3 is 2.60 bits per heavy atom. The van der Waals surface area contributed by atoms with E-state index in [4.69, 9.17) is 0 Å². The van der Waals surface area contributed by atoms with Crippen LogP contribution in [0.1, 0.15) is 39.0 Å². The van der Waals surface area contributed by atoms with Crippen molar-refractivity contribution in [2.45, 2.75) is 57.2 Å². The second kappa shape index (κ2) is 7.04. The summed E-state index contributed by atoms with van der Waals surface area (Å²) in [5, 5.41) is 8.32. The molecule has 0 bridgehead atoms. The lowest BCUT2D eigenvalue weighted by Gasteiger charge is -2.33. The molecule has 0 aromatic heterocycles. The van der Waals surface area contributed by atoms with E-state index in [-0.39, 0.29) is 11.9 Å². The second-order valence-corrected chi connectivity index (χ2v) is 5.82. The molecule has 0 spiro atoms. The number of carbonyl (C=O) groups is 2. The van der Waals surface area contributed by atoms with E-state index < -0.39 is 6.03 Å². The summed E-state index contributed by atoms with van der Waals surface area (Å²) in [4.78, 5) is 25.6. The van der Waals surface area contributed by atoms with Crippen LogP contribution in [-0.4, -0.2) is 55.1 Å². The topological polar surface area (TPSA) is 73.5 Å². The summed E-state index contributed by atoms with van der Waals surface area (Å²) in [7, 11) is 1.51. The lowest BCUT2D eigenvalue weighted by molar-refractivity contribution is -0.125. The van der Waals surface area contributed by atoms with Crippen LogP contribution in [0.25, 0.3) is 0 Å². The molecule has 2 aliphatic rings. The average molecular weight is 282 g/mol. The molecule has 0 radical (unpaired) electrons. The number of hydrogen-bond acceptors (Lipinski definition) is 4. The van der Waals surface area contributed by atoms with Crippen molar-refractivity contribution >= 4 is 11.9 Å². The molecule has 0 aromatic carbocycles. The summed E-state index contributed by atoms with van der Waals surface area (Å²) >= 11 is 0. The van der Waals surface area contributed by atoms with Gasteiger partial charge in [-0.25, -0.2) is 4.79 Å². The molecular formula is C14H26N4O2. The minimum atomic E-state index is -0.437. The quantitative estimate of drug-likeness (QED) is 0.684. The minimum absolute atomic E-state index is 0.216. The van der Waals surface area contributed by atoms with Crippen LogP contribution in [0.3, 0.4) is 0 Å². The Morgan fingerprint density at radius 2 is 2.05 bits per heavy atom. The molecule has 3 amide bonds. The van der Waals surface area contributed by atoms with Gasteiger partial charge in [0.2, 0.25) is 5.91 Å². The highest BCUT2D eigenvalue weighted by atomic mass is 16.2. The number of imide groups is 1. The van der Waals surface area contributed by atoms with Gasteiger partial charge in [0.15, 0.2) is 0 Å². The fraction of sp³-hybridized carbons (Fsp3) is 0.857. The number of piperidine rings is 1. The fourth-order valence-electron chi connectivity index (χ4n) is 2.79. The van der Waals surface area contributed by atoms with Crippen molar-refractivity contribution < 1.29 is 9.59 Å². The minimum Gasteiger partial charge on any atom is -0.341 e. The van der Waals surface area contributed by atoms with E-state index in [9.17, 15) is 9.59 Å². The van der Waals surface area contributed by atoms with Crippen LogP contribution in [0.15, 0.2) is 0 Å². The van der Waals surface area contributed by atoms with Crippen LogP contribution in [0, 0.1) is 0 Å². The second-order valence-electron chi connectivity index (χ2n) is 5.82. The highest BCUT2D eigenvalue weighted by Gasteiger charge is 2.36. The molecule has 2 unspecified atom stereocenters. The lowest BCUT2D eigenvalue weighted by atomic mass is 10.0. The van der Waals surface area contributed by atoms with Gasteiger partial charge in [0.1, 0.15) is 0 Å². The molecule has 1 saturated carbocycles. The first-order valence-electron chi connectivity index (χ1n) is 7.63. The molecule has 6 heteroatoms. The SMILES string of the molecule is CNC(=O)NC(=O)C(C)N(CC1CCCCN1)C1CC1. The van der Waals surface area contributed by atoms with E-state index >= 15 is 0 Å². The van der Waals surface area contributed by atoms with E-state index in [1.807, 2.05) is 6.92 Å². The third-order valence-electron chi connectivity index (χ3n) is 4.20. The molecule has 3 N–H and O–H groups in total. The summed E-state index contributed by atoms with van der Waals surface area (Å²) in [5.74, 6) is -0.216. The van der Waals surface area contributed by atoms with Crippen molar-refractivity contribution in [2.75, 3.05) is 20.1 Å². The highest BCUT2D eigenvalue weighted by molar-refractivity contribution is 5.96. The monoisotopic (exact) mass is 282 g/mol. The maximum atomic E-state index is 12.1. The van der Waals surface area contributed by atoms with Crippen LogP contribution >= 0.6 is 0 Å². The Labute approximate surface area is 120 Å². The van der Waals surface area contributed by atoms with Gasteiger partial charge >= 0.3 is 6.03 Å². The van der Waals surface area contributed by atoms with Crippen LogP contribution in [0.2, 0.25) is 0 Å². The van der Waals surface area contributed by atoms with E-state index in [1.54, 1.807) is 0 Å². The molecular weight excluding hydrogens is 256 g/mol. The Bertz CT molecular complexity index is 351. The van der Waals surface area contributed by atoms with Crippen molar-refractivity contribution in [3.8, 4) is 0 Å². The maximum absolute atomic E-state index is 12.1. The largest absolute Gasteiger partial charge is 0.341 e. The molecule has 1 aliphatic carbocycles. The van der Waals surface area contributed by atoms with Crippen LogP contribution in [-0.2, 0) is 4.79 Å². The van der Waals surface area contributed by atoms with Crippen LogP contribution in [0.4, 0.5) is 4.79 Å². The lowest BCUT2D eigenvalue weighted by Crippen LogP contribution is -2.53. The first-order valence-corrected chi connectivity index (χ1v) is 7.63. The number of nitrogens with zero attached hydrogens (tertiary/aromatic N) is 1. The van der Waals surface area contributed by atoms with Gasteiger partial charge < -0.3 is 10.6 Å². The van der Waals surface area contributed by atoms with Gasteiger partial charge in [-0.15, -0.1) is 0 Å². The van der Waals surface area contributed by atoms with Crippen molar-refractivity contribution in [1.29, 1.82) is 0 Å². The zero-order chi connectivity index (χ0) is 14.5. The predicted molar refractivity (Wildman–Crippen MR) is 77.4 cm³/mol. The van der Waals surface area contributed by atoms with Crippen molar-refractivity contribution in [1.82, 2.24) is 20.9 Å². The molecule has 114 valence electrons. The predicted octanol–water partition coefficient (Wildman–Crippen LogP) is 0.437. The van der Waals surface area contributed by atoms with Gasteiger partial charge in [-0.3, -0.25) is 15.0 Å². The molecule has 6 nitrogen and oxygen atoms in total. The Hall–Kier alpha value is -1.14. The first kappa shape index (κ1) is 15.3. The number of nitrogens with one attached hydrogen (secondary N) is 3. The molecule has 2 rings (SSSR count). The number of urea groups is 1. The maximum Gasteiger partial charge on any atom is 0.321 e. The third kappa shape index (κ3) is 4.18. The number of carbonyl (C=O) groups excluding carboxylic acids is 2. The molecule has 1 saturated heterocycles. The number of rotatable bonds is 5. The van der Waals surface area contributed by atoms with Crippen LogP contribution < -0.4 is 16.0 Å². The number of amides is 3. The fourth-order valence-corrected chi connectivity index (χ4v) is 2.79. The molecule has 1 aliphatic heterocycles. The Kier molecular flexibility index (Phi) is 5.37. The molecule has 0 aromatic rings. The van der Waals surface area contributed by atoms with Crippen molar-refractivity contribution in [3.63, 3.8) is 0 Å². The van der Waals surface area contributed by atoms with E-state index in [0.29, 0.717) is 12.1 Å². The summed E-state index contributed by atoms with van der Waals surface area (Å²) in [5.41, 5.74) is 0. The van der Waals surface area contributed by atoms with Gasteiger partial charge in [-0.05, 0) is 39.2 Å². The molecule has 20 heavy (non-hydrogen) atoms. The molecule has 1 heterocycles. The molecule has 2 atom stereocenters. The Morgan fingerprint density at radius 1 is 1.30 bits per heavy atom. The van der Waals surface area contributed by atoms with E-state index in [2.05, 4.69) is 20.9 Å². The van der Waals surface area contributed by atoms with Gasteiger partial charge in [0, 0.05) is 25.7 Å². The van der Waals surface area contributed by atoms with Gasteiger partial charge in [0.05, 0.1) is 6.04 Å². The van der Waals surface area contributed by atoms with Crippen molar-refractivity contribution in [3.05, 3.63) is 0 Å². The Balaban J connectivity index is 1.89. The zero-order valence-electron chi connectivity index (χ0n) is 12.4. The summed E-state index contributed by atoms with van der Waals surface area (Å²) in [6, 6.07) is 0.278. The standard InChI is InChI=1S/C14H26N4O2/c1-10(13(19)17-14(20)15-2)18(12-6-7-12)9-11-5-3-4-8-16-11/h10-12,16H,3-9H2,1-2H3,(H2,15,17,19,20). The highest BCUT2D eigenvalue weighted by Crippen LogP contribution is 2.29. The average Bonchev–Trinajstić information content (AvgIpc) is 3.29. The normalized spacial score (nSPS) is 24.2. The van der Waals surface area contributed by atoms with Crippen molar-refractivity contribution in [2.24, 2.45) is 0 Å². The molecule has 2 fully saturated rings. The summed E-state index contributed by atoms with van der Waals surface area (Å²) < 4.78 is 0. The first-order chi connectivity index (χ1) is 9.61. The van der Waals surface area contributed by atoms with Gasteiger partial charge in [0.25, 0.3) is 0 Å². The summed E-state index contributed by atoms with van der Waals surface area (Å²) in [6.07, 6.45) is 5.99. The zero-order valence-corrected chi connectivity index (χ0v) is 12.4. The van der Waals surface area contributed by atoms with E-state index in [0.717, 1.165) is 25.9 Å². The number of hydrogen-bond donors (Lipinski definition) is 3. The smallest absolute Gasteiger partial charge is 0.321 e.